The van der Waals surface area contributed by atoms with Gasteiger partial charge in [-0.1, -0.05) is 20.8 Å². The fraction of sp³-hybridized carbons (Fsp3) is 0.714. The Labute approximate surface area is 110 Å². The Balaban J connectivity index is 2.17. The minimum Gasteiger partial charge on any atom is -0.353 e. The molecule has 0 atom stereocenters. The Morgan fingerprint density at radius 1 is 1.44 bits per heavy atom. The third kappa shape index (κ3) is 3.42. The van der Waals surface area contributed by atoms with Gasteiger partial charge in [0.05, 0.1) is 0 Å². The molecule has 1 N–H and O–H groups in total. The number of anilines is 1. The summed E-state index contributed by atoms with van der Waals surface area (Å²) in [4.78, 5) is 11.2. The molecule has 1 aliphatic carbocycles. The second-order valence-corrected chi connectivity index (χ2v) is 5.43. The molecular formula is C14H24N4. The summed E-state index contributed by atoms with van der Waals surface area (Å²) < 4.78 is 0. The lowest BCUT2D eigenvalue weighted by molar-refractivity contribution is 0.597. The first-order valence-corrected chi connectivity index (χ1v) is 6.98. The van der Waals surface area contributed by atoms with E-state index < -0.39 is 0 Å². The van der Waals surface area contributed by atoms with E-state index in [1.54, 1.807) is 6.33 Å². The van der Waals surface area contributed by atoms with E-state index >= 15 is 0 Å². The highest BCUT2D eigenvalue weighted by molar-refractivity contribution is 5.47. The first kappa shape index (κ1) is 13.3. The van der Waals surface area contributed by atoms with Gasteiger partial charge in [-0.3, -0.25) is 0 Å². The van der Waals surface area contributed by atoms with Crippen molar-refractivity contribution in [2.24, 2.45) is 5.92 Å². The van der Waals surface area contributed by atoms with Gasteiger partial charge in [0.2, 0.25) is 0 Å². The summed E-state index contributed by atoms with van der Waals surface area (Å²) in [6.07, 6.45) is 6.22. The van der Waals surface area contributed by atoms with Crippen molar-refractivity contribution in [3.05, 3.63) is 18.1 Å². The summed E-state index contributed by atoms with van der Waals surface area (Å²) in [5, 5.41) is 3.37. The van der Waals surface area contributed by atoms with Crippen LogP contribution in [0.1, 0.15) is 39.2 Å². The van der Waals surface area contributed by atoms with Crippen molar-refractivity contribution in [3.63, 3.8) is 0 Å². The summed E-state index contributed by atoms with van der Waals surface area (Å²) in [6, 6.07) is 0.697. The second kappa shape index (κ2) is 6.14. The van der Waals surface area contributed by atoms with Gasteiger partial charge in [0.25, 0.3) is 0 Å². The van der Waals surface area contributed by atoms with E-state index in [4.69, 9.17) is 0 Å². The normalized spacial score (nSPS) is 15.1. The van der Waals surface area contributed by atoms with Crippen LogP contribution in [-0.2, 0) is 6.54 Å². The maximum Gasteiger partial charge on any atom is 0.136 e. The fourth-order valence-corrected chi connectivity index (χ4v) is 2.18. The molecule has 1 aliphatic rings. The van der Waals surface area contributed by atoms with Gasteiger partial charge in [-0.15, -0.1) is 0 Å². The number of hydrogen-bond donors (Lipinski definition) is 1. The summed E-state index contributed by atoms with van der Waals surface area (Å²) in [6.45, 7) is 9.56. The van der Waals surface area contributed by atoms with E-state index in [1.165, 1.54) is 18.4 Å². The zero-order valence-electron chi connectivity index (χ0n) is 11.7. The molecule has 4 nitrogen and oxygen atoms in total. The molecule has 0 spiro atoms. The molecule has 0 bridgehead atoms. The molecule has 4 heteroatoms. The smallest absolute Gasteiger partial charge is 0.136 e. The van der Waals surface area contributed by atoms with E-state index in [0.29, 0.717) is 12.0 Å². The van der Waals surface area contributed by atoms with Crippen LogP contribution in [0.2, 0.25) is 0 Å². The van der Waals surface area contributed by atoms with Gasteiger partial charge >= 0.3 is 0 Å². The number of nitrogens with one attached hydrogen (secondary N) is 1. The number of nitrogens with zero attached hydrogens (tertiary/aromatic N) is 3. The minimum atomic E-state index is 0.660. The molecule has 0 aliphatic heterocycles. The summed E-state index contributed by atoms with van der Waals surface area (Å²) in [5.74, 6) is 1.79. The average Bonchev–Trinajstić information content (AvgIpc) is 3.18. The summed E-state index contributed by atoms with van der Waals surface area (Å²) in [7, 11) is 0. The van der Waals surface area contributed by atoms with Crippen LogP contribution >= 0.6 is 0 Å². The van der Waals surface area contributed by atoms with E-state index in [2.05, 4.69) is 41.0 Å². The van der Waals surface area contributed by atoms with Crippen LogP contribution in [0, 0.1) is 5.92 Å². The highest BCUT2D eigenvalue weighted by Crippen LogP contribution is 2.32. The van der Waals surface area contributed by atoms with Crippen LogP contribution in [0.25, 0.3) is 0 Å². The van der Waals surface area contributed by atoms with Crippen molar-refractivity contribution < 1.29 is 0 Å². The maximum atomic E-state index is 4.52. The van der Waals surface area contributed by atoms with Gasteiger partial charge in [-0.2, -0.15) is 0 Å². The first-order chi connectivity index (χ1) is 8.72. The maximum absolute atomic E-state index is 4.52. The van der Waals surface area contributed by atoms with E-state index in [-0.39, 0.29) is 0 Å². The average molecular weight is 248 g/mol. The fourth-order valence-electron chi connectivity index (χ4n) is 2.18. The Hall–Kier alpha value is -1.16. The van der Waals surface area contributed by atoms with Crippen LogP contribution < -0.4 is 10.2 Å². The van der Waals surface area contributed by atoms with Crippen molar-refractivity contribution in [2.45, 2.75) is 46.2 Å². The van der Waals surface area contributed by atoms with Crippen molar-refractivity contribution in [1.29, 1.82) is 0 Å². The van der Waals surface area contributed by atoms with E-state index in [9.17, 15) is 0 Å². The van der Waals surface area contributed by atoms with Crippen LogP contribution in [0.3, 0.4) is 0 Å². The first-order valence-electron chi connectivity index (χ1n) is 6.98. The largest absolute Gasteiger partial charge is 0.353 e. The van der Waals surface area contributed by atoms with Gasteiger partial charge in [-0.05, 0) is 25.3 Å². The van der Waals surface area contributed by atoms with Crippen molar-refractivity contribution in [1.82, 2.24) is 15.3 Å². The molecule has 0 radical (unpaired) electrons. The molecule has 0 aromatic carbocycles. The SMILES string of the molecule is CCNCc1cncnc1N(CC(C)C)C1CC1. The molecule has 0 unspecified atom stereocenters. The highest BCUT2D eigenvalue weighted by atomic mass is 15.2. The number of aromatic nitrogens is 2. The minimum absolute atomic E-state index is 0.660. The predicted molar refractivity (Wildman–Crippen MR) is 74.6 cm³/mol. The third-order valence-electron chi connectivity index (χ3n) is 3.15. The molecule has 1 aromatic rings. The molecule has 18 heavy (non-hydrogen) atoms. The van der Waals surface area contributed by atoms with Gasteiger partial charge in [0.1, 0.15) is 12.1 Å². The van der Waals surface area contributed by atoms with Gasteiger partial charge in [0.15, 0.2) is 0 Å². The van der Waals surface area contributed by atoms with Crippen LogP contribution in [0.5, 0.6) is 0 Å². The molecule has 1 aromatic heterocycles. The third-order valence-corrected chi connectivity index (χ3v) is 3.15. The summed E-state index contributed by atoms with van der Waals surface area (Å²) >= 11 is 0. The number of rotatable bonds is 7. The topological polar surface area (TPSA) is 41.1 Å². The Morgan fingerprint density at radius 2 is 2.22 bits per heavy atom. The molecule has 0 saturated heterocycles. The molecule has 0 amide bonds. The van der Waals surface area contributed by atoms with Gasteiger partial charge in [0, 0.05) is 30.9 Å². The lowest BCUT2D eigenvalue weighted by atomic mass is 10.2. The molecule has 1 heterocycles. The Morgan fingerprint density at radius 3 is 2.83 bits per heavy atom. The zero-order chi connectivity index (χ0) is 13.0. The van der Waals surface area contributed by atoms with Crippen LogP contribution in [0.4, 0.5) is 5.82 Å². The lowest BCUT2D eigenvalue weighted by Gasteiger charge is -2.27. The molecule has 100 valence electrons. The van der Waals surface area contributed by atoms with Gasteiger partial charge in [-0.25, -0.2) is 9.97 Å². The van der Waals surface area contributed by atoms with E-state index in [0.717, 1.165) is 25.5 Å². The predicted octanol–water partition coefficient (Wildman–Crippen LogP) is 2.21. The zero-order valence-corrected chi connectivity index (χ0v) is 11.7. The van der Waals surface area contributed by atoms with Crippen molar-refractivity contribution in [3.8, 4) is 0 Å². The lowest BCUT2D eigenvalue weighted by Crippen LogP contribution is -2.32. The molecular weight excluding hydrogens is 224 g/mol. The standard InChI is InChI=1S/C14H24N4/c1-4-15-7-12-8-16-10-17-14(12)18(9-11(2)3)13-5-6-13/h8,10-11,13,15H,4-7,9H2,1-3H3. The quantitative estimate of drug-likeness (QED) is 0.803. The monoisotopic (exact) mass is 248 g/mol. The van der Waals surface area contributed by atoms with Crippen LogP contribution in [0.15, 0.2) is 12.5 Å². The molecule has 2 rings (SSSR count). The highest BCUT2D eigenvalue weighted by Gasteiger charge is 2.31. The molecule has 1 fully saturated rings. The Kier molecular flexibility index (Phi) is 4.53. The van der Waals surface area contributed by atoms with E-state index in [1.807, 2.05) is 6.20 Å². The van der Waals surface area contributed by atoms with Crippen molar-refractivity contribution in [2.75, 3.05) is 18.0 Å². The molecule has 1 saturated carbocycles. The second-order valence-electron chi connectivity index (χ2n) is 5.43. The Bertz CT molecular complexity index is 374. The summed E-state index contributed by atoms with van der Waals surface area (Å²) in [5.41, 5.74) is 1.21. The number of hydrogen-bond acceptors (Lipinski definition) is 4. The van der Waals surface area contributed by atoms with Gasteiger partial charge < -0.3 is 10.2 Å². The van der Waals surface area contributed by atoms with Crippen LogP contribution in [-0.4, -0.2) is 29.1 Å². The van der Waals surface area contributed by atoms with Crippen molar-refractivity contribution >= 4 is 5.82 Å².